The van der Waals surface area contributed by atoms with Gasteiger partial charge in [0.1, 0.15) is 0 Å². The first-order valence-electron chi connectivity index (χ1n) is 14.9. The number of H-pyrrole nitrogens is 2. The Balaban J connectivity index is 1.75. The topological polar surface area (TPSA) is 164 Å². The number of amides is 2. The second-order valence-electron chi connectivity index (χ2n) is 11.9. The van der Waals surface area contributed by atoms with Crippen LogP contribution in [0.25, 0.3) is 6.08 Å². The molecular formula is C33H42N4O6S. The first-order chi connectivity index (χ1) is 20.7. The molecule has 2 aliphatic rings. The number of aromatic amines is 2. The monoisotopic (exact) mass is 622 g/mol. The smallest absolute Gasteiger partial charge is 0.303 e. The maximum absolute atomic E-state index is 12.5. The van der Waals surface area contributed by atoms with Gasteiger partial charge in [0.2, 0.25) is 5.91 Å². The van der Waals surface area contributed by atoms with E-state index in [2.05, 4.69) is 39.8 Å². The van der Waals surface area contributed by atoms with Crippen molar-refractivity contribution in [2.75, 3.05) is 0 Å². The van der Waals surface area contributed by atoms with Crippen LogP contribution in [-0.2, 0) is 44.9 Å². The van der Waals surface area contributed by atoms with E-state index in [0.29, 0.717) is 31.3 Å². The molecule has 2 aromatic rings. The van der Waals surface area contributed by atoms with Crippen molar-refractivity contribution in [3.05, 3.63) is 74.5 Å². The first-order valence-corrected chi connectivity index (χ1v) is 15.4. The lowest BCUT2D eigenvalue weighted by Gasteiger charge is -2.17. The van der Waals surface area contributed by atoms with Crippen molar-refractivity contribution < 1.29 is 29.4 Å². The summed E-state index contributed by atoms with van der Waals surface area (Å²) < 4.78 is 0. The van der Waals surface area contributed by atoms with E-state index < -0.39 is 11.9 Å². The summed E-state index contributed by atoms with van der Waals surface area (Å²) >= 11 is 4.63. The molecule has 0 unspecified atom stereocenters. The lowest BCUT2D eigenvalue weighted by molar-refractivity contribution is -0.138. The molecule has 0 aromatic carbocycles. The zero-order valence-corrected chi connectivity index (χ0v) is 26.8. The predicted octanol–water partition coefficient (Wildman–Crippen LogP) is 4.17. The highest BCUT2D eigenvalue weighted by molar-refractivity contribution is 7.80. The van der Waals surface area contributed by atoms with Gasteiger partial charge in [0, 0.05) is 76.8 Å². The highest BCUT2D eigenvalue weighted by Crippen LogP contribution is 2.35. The highest BCUT2D eigenvalue weighted by atomic mass is 32.1. The minimum atomic E-state index is -0.904. The van der Waals surface area contributed by atoms with Crippen LogP contribution in [0, 0.1) is 25.7 Å². The second kappa shape index (κ2) is 13.3. The zero-order chi connectivity index (χ0) is 32.5. The Hall–Kier alpha value is -3.99. The number of hydrogen-bond donors (Lipinski definition) is 7. The summed E-state index contributed by atoms with van der Waals surface area (Å²) in [7, 11) is 0. The Morgan fingerprint density at radius 2 is 1.57 bits per heavy atom. The third-order valence-electron chi connectivity index (χ3n) is 9.12. The van der Waals surface area contributed by atoms with Crippen LogP contribution in [0.3, 0.4) is 0 Å². The van der Waals surface area contributed by atoms with Gasteiger partial charge in [-0.3, -0.25) is 19.2 Å². The fourth-order valence-corrected chi connectivity index (χ4v) is 6.98. The van der Waals surface area contributed by atoms with Gasteiger partial charge < -0.3 is 30.8 Å². The van der Waals surface area contributed by atoms with E-state index in [-0.39, 0.29) is 47.8 Å². The second-order valence-corrected chi connectivity index (χ2v) is 12.8. The maximum atomic E-state index is 12.5. The molecule has 1 fully saturated rings. The summed E-state index contributed by atoms with van der Waals surface area (Å²) in [5, 5.41) is 24.9. The minimum absolute atomic E-state index is 0.0427. The van der Waals surface area contributed by atoms with E-state index in [4.69, 9.17) is 0 Å². The lowest BCUT2D eigenvalue weighted by atomic mass is 9.91. The molecule has 2 amide bonds. The molecule has 1 saturated heterocycles. The Morgan fingerprint density at radius 1 is 0.977 bits per heavy atom. The normalized spacial score (nSPS) is 21.6. The number of nitrogens with one attached hydrogen (secondary N) is 4. The molecule has 0 radical (unpaired) electrons. The summed E-state index contributed by atoms with van der Waals surface area (Å²) in [5.74, 6) is -2.34. The predicted molar refractivity (Wildman–Crippen MR) is 172 cm³/mol. The van der Waals surface area contributed by atoms with Crippen LogP contribution < -0.4 is 10.6 Å². The van der Waals surface area contributed by atoms with Crippen LogP contribution in [0.15, 0.2) is 29.5 Å². The molecule has 236 valence electrons. The van der Waals surface area contributed by atoms with Crippen LogP contribution in [0.2, 0.25) is 0 Å². The standard InChI is InChI=1S/C33H42N4O6S/c1-7-20-15(2)25(36-33(20)43)12-23-16(3)21(8-10-29(38)39)26(34-23)14-27-22(9-11-30(40)41)17(4)24(35-27)13-28-31(19(6)44)18(5)32(42)37-28/h7,13,18-19,25,31,34-35,44H,1,8-12,14H2,2-6H3,(H,36,43)(H,37,42)(H,38,39)(H,40,41)/b28-13-/t18-,19-,25-,31+/m1/s1. The molecule has 0 aliphatic carbocycles. The molecular weight excluding hydrogens is 580 g/mol. The molecule has 0 spiro atoms. The summed E-state index contributed by atoms with van der Waals surface area (Å²) in [5.41, 5.74) is 9.22. The minimum Gasteiger partial charge on any atom is -0.481 e. The van der Waals surface area contributed by atoms with Gasteiger partial charge in [0.15, 0.2) is 0 Å². The van der Waals surface area contributed by atoms with Crippen molar-refractivity contribution in [3.63, 3.8) is 0 Å². The number of thiol groups is 1. The fourth-order valence-electron chi connectivity index (χ4n) is 6.56. The Kier molecular flexibility index (Phi) is 9.98. The largest absolute Gasteiger partial charge is 0.481 e. The van der Waals surface area contributed by atoms with Gasteiger partial charge >= 0.3 is 11.9 Å². The van der Waals surface area contributed by atoms with E-state index in [9.17, 15) is 29.4 Å². The van der Waals surface area contributed by atoms with Crippen molar-refractivity contribution in [2.45, 2.75) is 84.4 Å². The zero-order valence-electron chi connectivity index (χ0n) is 25.9. The van der Waals surface area contributed by atoms with E-state index in [1.54, 1.807) is 6.08 Å². The number of carbonyl (C=O) groups is 4. The molecule has 6 N–H and O–H groups in total. The van der Waals surface area contributed by atoms with Crippen LogP contribution in [0.5, 0.6) is 0 Å². The number of hydrogen-bond acceptors (Lipinski definition) is 5. The molecule has 44 heavy (non-hydrogen) atoms. The van der Waals surface area contributed by atoms with Gasteiger partial charge in [-0.1, -0.05) is 26.5 Å². The number of aliphatic carboxylic acids is 2. The van der Waals surface area contributed by atoms with Gasteiger partial charge in [0.05, 0.1) is 6.04 Å². The fraction of sp³-hybridized carbons (Fsp3) is 0.455. The quantitative estimate of drug-likeness (QED) is 0.166. The average Bonchev–Trinajstić information content (AvgIpc) is 3.59. The highest BCUT2D eigenvalue weighted by Gasteiger charge is 2.38. The van der Waals surface area contributed by atoms with Crippen molar-refractivity contribution in [3.8, 4) is 0 Å². The van der Waals surface area contributed by atoms with Crippen LogP contribution >= 0.6 is 12.6 Å². The van der Waals surface area contributed by atoms with Gasteiger partial charge in [-0.05, 0) is 67.5 Å². The molecule has 0 saturated carbocycles. The number of allylic oxidation sites excluding steroid dienone is 1. The van der Waals surface area contributed by atoms with Crippen molar-refractivity contribution in [1.29, 1.82) is 0 Å². The molecule has 2 aliphatic heterocycles. The first kappa shape index (κ1) is 32.9. The average molecular weight is 623 g/mol. The van der Waals surface area contributed by atoms with E-state index in [1.165, 1.54) is 0 Å². The summed E-state index contributed by atoms with van der Waals surface area (Å²) in [6.07, 6.45) is 4.93. The number of carboxylic acids is 2. The Labute approximate surface area is 262 Å². The molecule has 4 heterocycles. The van der Waals surface area contributed by atoms with Crippen LogP contribution in [0.1, 0.15) is 78.6 Å². The van der Waals surface area contributed by atoms with Crippen LogP contribution in [-0.4, -0.2) is 55.2 Å². The number of rotatable bonds is 13. The van der Waals surface area contributed by atoms with E-state index in [0.717, 1.165) is 56.3 Å². The van der Waals surface area contributed by atoms with Gasteiger partial charge in [-0.25, -0.2) is 0 Å². The van der Waals surface area contributed by atoms with Crippen molar-refractivity contribution in [1.82, 2.24) is 20.6 Å². The Bertz CT molecular complexity index is 1580. The Morgan fingerprint density at radius 3 is 2.11 bits per heavy atom. The van der Waals surface area contributed by atoms with Crippen molar-refractivity contribution in [2.24, 2.45) is 11.8 Å². The number of aromatic nitrogens is 2. The van der Waals surface area contributed by atoms with Crippen LogP contribution in [0.4, 0.5) is 0 Å². The van der Waals surface area contributed by atoms with Gasteiger partial charge in [-0.2, -0.15) is 12.6 Å². The van der Waals surface area contributed by atoms with E-state index >= 15 is 0 Å². The SMILES string of the molecule is C=CC1=C(C)[C@@H](Cc2[nH]c(Cc3[nH]c(/C=C4\NC(=O)[C@H](C)[C@H]4[C@@H](C)S)c(C)c3CCC(=O)O)c(CCC(=O)O)c2C)NC1=O. The van der Waals surface area contributed by atoms with E-state index in [1.807, 2.05) is 40.7 Å². The van der Waals surface area contributed by atoms with Crippen molar-refractivity contribution >= 4 is 42.5 Å². The third-order valence-corrected chi connectivity index (χ3v) is 9.44. The third kappa shape index (κ3) is 6.72. The molecule has 11 heteroatoms. The van der Waals surface area contributed by atoms with Gasteiger partial charge in [0.25, 0.3) is 5.91 Å². The summed E-state index contributed by atoms with van der Waals surface area (Å²) in [4.78, 5) is 55.0. The van der Waals surface area contributed by atoms with Gasteiger partial charge in [-0.15, -0.1) is 0 Å². The molecule has 4 rings (SSSR count). The lowest BCUT2D eigenvalue weighted by Crippen LogP contribution is -2.30. The summed E-state index contributed by atoms with van der Waals surface area (Å²) in [6, 6.07) is -0.212. The number of carboxylic acid groups (broad SMARTS) is 2. The molecule has 4 atom stereocenters. The molecule has 10 nitrogen and oxygen atoms in total. The summed E-state index contributed by atoms with van der Waals surface area (Å²) in [6.45, 7) is 13.4. The maximum Gasteiger partial charge on any atom is 0.303 e. The number of carbonyl (C=O) groups excluding carboxylic acids is 2. The molecule has 0 bridgehead atoms. The molecule has 2 aromatic heterocycles.